The molecule has 4 heteroatoms. The second kappa shape index (κ2) is 4.29. The molecule has 94 valence electrons. The fourth-order valence-electron chi connectivity index (χ4n) is 1.81. The number of nitrogens with zero attached hydrogens (tertiary/aromatic N) is 1. The molecule has 2 rings (SSSR count). The van der Waals surface area contributed by atoms with Gasteiger partial charge in [-0.3, -0.25) is 9.78 Å². The summed E-state index contributed by atoms with van der Waals surface area (Å²) in [7, 11) is 0. The highest BCUT2D eigenvalue weighted by atomic mass is 16.2. The third-order valence-electron chi connectivity index (χ3n) is 2.54. The molecule has 0 radical (unpaired) electrons. The second-order valence-electron chi connectivity index (χ2n) is 5.31. The summed E-state index contributed by atoms with van der Waals surface area (Å²) in [5.74, 6) is -0.182. The largest absolute Gasteiger partial charge is 0.398 e. The van der Waals surface area contributed by atoms with Crippen molar-refractivity contribution in [3.05, 3.63) is 36.2 Å². The molecule has 0 saturated heterocycles. The molecule has 4 nitrogen and oxygen atoms in total. The van der Waals surface area contributed by atoms with Crippen LogP contribution >= 0.6 is 0 Å². The first-order chi connectivity index (χ1) is 8.38. The topological polar surface area (TPSA) is 68.0 Å². The SMILES string of the molecule is CC(C)(C)NC(=O)c1nccc2c(N)cccc12. The molecule has 0 saturated carbocycles. The standard InChI is InChI=1S/C14H17N3O/c1-14(2,3)17-13(18)12-10-5-4-6-11(15)9(10)7-8-16-12/h4-8H,15H2,1-3H3,(H,17,18). The van der Waals surface area contributed by atoms with Gasteiger partial charge in [0.15, 0.2) is 0 Å². The normalized spacial score (nSPS) is 11.5. The predicted octanol–water partition coefficient (Wildman–Crippen LogP) is 2.35. The average Bonchev–Trinajstić information content (AvgIpc) is 2.26. The van der Waals surface area contributed by atoms with Gasteiger partial charge in [0.2, 0.25) is 0 Å². The maximum absolute atomic E-state index is 12.2. The van der Waals surface area contributed by atoms with E-state index in [0.717, 1.165) is 10.8 Å². The number of pyridine rings is 1. The minimum atomic E-state index is -0.290. The van der Waals surface area contributed by atoms with E-state index in [4.69, 9.17) is 5.73 Å². The number of nitrogens with one attached hydrogen (secondary N) is 1. The first kappa shape index (κ1) is 12.4. The number of hydrogen-bond donors (Lipinski definition) is 2. The van der Waals surface area contributed by atoms with E-state index in [9.17, 15) is 4.79 Å². The van der Waals surface area contributed by atoms with E-state index in [1.807, 2.05) is 45.0 Å². The number of benzene rings is 1. The molecule has 0 unspecified atom stereocenters. The van der Waals surface area contributed by atoms with Gasteiger partial charge in [0.05, 0.1) is 0 Å². The summed E-state index contributed by atoms with van der Waals surface area (Å²) in [5.41, 5.74) is 6.67. The zero-order chi connectivity index (χ0) is 13.3. The monoisotopic (exact) mass is 243 g/mol. The van der Waals surface area contributed by atoms with Crippen LogP contribution in [0.15, 0.2) is 30.5 Å². The molecule has 3 N–H and O–H groups in total. The molecule has 0 bridgehead atoms. The lowest BCUT2D eigenvalue weighted by Crippen LogP contribution is -2.41. The Morgan fingerprint density at radius 2 is 1.94 bits per heavy atom. The van der Waals surface area contributed by atoms with E-state index in [0.29, 0.717) is 11.4 Å². The number of carbonyl (C=O) groups excluding carboxylic acids is 1. The van der Waals surface area contributed by atoms with Gasteiger partial charge in [-0.15, -0.1) is 0 Å². The molecule has 1 heterocycles. The van der Waals surface area contributed by atoms with Crippen LogP contribution in [0.3, 0.4) is 0 Å². The number of fused-ring (bicyclic) bond motifs is 1. The van der Waals surface area contributed by atoms with E-state index < -0.39 is 0 Å². The molecule has 2 aromatic rings. The summed E-state index contributed by atoms with van der Waals surface area (Å²) in [6, 6.07) is 7.32. The van der Waals surface area contributed by atoms with Crippen molar-refractivity contribution in [1.29, 1.82) is 0 Å². The predicted molar refractivity (Wildman–Crippen MR) is 73.4 cm³/mol. The Kier molecular flexibility index (Phi) is 2.95. The summed E-state index contributed by atoms with van der Waals surface area (Å²) in [6.07, 6.45) is 1.61. The minimum absolute atomic E-state index is 0.182. The zero-order valence-corrected chi connectivity index (χ0v) is 10.8. The molecule has 0 atom stereocenters. The van der Waals surface area contributed by atoms with Crippen LogP contribution in [0.2, 0.25) is 0 Å². The van der Waals surface area contributed by atoms with Gasteiger partial charge in [-0.25, -0.2) is 0 Å². The molecule has 18 heavy (non-hydrogen) atoms. The van der Waals surface area contributed by atoms with E-state index >= 15 is 0 Å². The van der Waals surface area contributed by atoms with Crippen molar-refractivity contribution in [2.45, 2.75) is 26.3 Å². The maximum atomic E-state index is 12.2. The molecule has 1 amide bonds. The van der Waals surface area contributed by atoms with Crippen LogP contribution in [0.25, 0.3) is 10.8 Å². The third-order valence-corrected chi connectivity index (χ3v) is 2.54. The fraction of sp³-hybridized carbons (Fsp3) is 0.286. The third kappa shape index (κ3) is 2.42. The second-order valence-corrected chi connectivity index (χ2v) is 5.31. The smallest absolute Gasteiger partial charge is 0.270 e. The highest BCUT2D eigenvalue weighted by Gasteiger charge is 2.18. The number of nitrogen functional groups attached to an aromatic ring is 1. The van der Waals surface area contributed by atoms with Gasteiger partial charge in [0, 0.05) is 28.2 Å². The molecular weight excluding hydrogens is 226 g/mol. The van der Waals surface area contributed by atoms with Crippen molar-refractivity contribution in [2.24, 2.45) is 0 Å². The van der Waals surface area contributed by atoms with Gasteiger partial charge < -0.3 is 11.1 Å². The number of hydrogen-bond acceptors (Lipinski definition) is 3. The molecule has 0 aliphatic heterocycles. The maximum Gasteiger partial charge on any atom is 0.270 e. The van der Waals surface area contributed by atoms with Crippen molar-refractivity contribution >= 4 is 22.4 Å². The van der Waals surface area contributed by atoms with Crippen LogP contribution in [0.4, 0.5) is 5.69 Å². The number of nitrogens with two attached hydrogens (primary N) is 1. The van der Waals surface area contributed by atoms with Crippen LogP contribution in [0.5, 0.6) is 0 Å². The Morgan fingerprint density at radius 3 is 2.61 bits per heavy atom. The van der Waals surface area contributed by atoms with Gasteiger partial charge in [0.1, 0.15) is 5.69 Å². The Hall–Kier alpha value is -2.10. The first-order valence-electron chi connectivity index (χ1n) is 5.84. The quantitative estimate of drug-likeness (QED) is 0.755. The van der Waals surface area contributed by atoms with Gasteiger partial charge >= 0.3 is 0 Å². The molecule has 0 aliphatic rings. The zero-order valence-electron chi connectivity index (χ0n) is 10.8. The van der Waals surface area contributed by atoms with E-state index in [1.165, 1.54) is 0 Å². The first-order valence-corrected chi connectivity index (χ1v) is 5.84. The lowest BCUT2D eigenvalue weighted by Gasteiger charge is -2.20. The highest BCUT2D eigenvalue weighted by molar-refractivity contribution is 6.08. The lowest BCUT2D eigenvalue weighted by atomic mass is 10.1. The average molecular weight is 243 g/mol. The van der Waals surface area contributed by atoms with Crippen molar-refractivity contribution < 1.29 is 4.79 Å². The van der Waals surface area contributed by atoms with Crippen molar-refractivity contribution in [1.82, 2.24) is 10.3 Å². The van der Waals surface area contributed by atoms with E-state index in [1.54, 1.807) is 6.20 Å². The Balaban J connectivity index is 2.52. The van der Waals surface area contributed by atoms with Crippen LogP contribution in [-0.4, -0.2) is 16.4 Å². The van der Waals surface area contributed by atoms with Crippen molar-refractivity contribution in [3.8, 4) is 0 Å². The summed E-state index contributed by atoms with van der Waals surface area (Å²) >= 11 is 0. The number of carbonyl (C=O) groups is 1. The molecule has 1 aromatic heterocycles. The van der Waals surface area contributed by atoms with Gasteiger partial charge in [-0.05, 0) is 32.9 Å². The minimum Gasteiger partial charge on any atom is -0.398 e. The number of anilines is 1. The van der Waals surface area contributed by atoms with Crippen LogP contribution in [-0.2, 0) is 0 Å². The van der Waals surface area contributed by atoms with Gasteiger partial charge in [-0.2, -0.15) is 0 Å². The van der Waals surface area contributed by atoms with Gasteiger partial charge in [-0.1, -0.05) is 12.1 Å². The number of amides is 1. The number of rotatable bonds is 1. The van der Waals surface area contributed by atoms with E-state index in [-0.39, 0.29) is 11.4 Å². The van der Waals surface area contributed by atoms with Gasteiger partial charge in [0.25, 0.3) is 5.91 Å². The highest BCUT2D eigenvalue weighted by Crippen LogP contribution is 2.22. The summed E-state index contributed by atoms with van der Waals surface area (Å²) in [6.45, 7) is 5.80. The molecule has 1 aromatic carbocycles. The van der Waals surface area contributed by atoms with Crippen LogP contribution in [0.1, 0.15) is 31.3 Å². The van der Waals surface area contributed by atoms with Crippen LogP contribution < -0.4 is 11.1 Å². The van der Waals surface area contributed by atoms with Crippen molar-refractivity contribution in [2.75, 3.05) is 5.73 Å². The van der Waals surface area contributed by atoms with E-state index in [2.05, 4.69) is 10.3 Å². The Labute approximate surface area is 106 Å². The van der Waals surface area contributed by atoms with Crippen LogP contribution in [0, 0.1) is 0 Å². The van der Waals surface area contributed by atoms with Crippen molar-refractivity contribution in [3.63, 3.8) is 0 Å². The summed E-state index contributed by atoms with van der Waals surface area (Å²) in [4.78, 5) is 16.3. The Bertz CT molecular complexity index is 600. The Morgan fingerprint density at radius 1 is 1.22 bits per heavy atom. The molecular formula is C14H17N3O. The number of aromatic nitrogens is 1. The molecule has 0 spiro atoms. The summed E-state index contributed by atoms with van der Waals surface area (Å²) < 4.78 is 0. The summed E-state index contributed by atoms with van der Waals surface area (Å²) in [5, 5.41) is 4.54. The fourth-order valence-corrected chi connectivity index (χ4v) is 1.81. The lowest BCUT2D eigenvalue weighted by molar-refractivity contribution is 0.0916. The molecule has 0 aliphatic carbocycles. The molecule has 0 fully saturated rings.